The van der Waals surface area contributed by atoms with E-state index in [0.717, 1.165) is 0 Å². The molecule has 8 nitrogen and oxygen atoms in total. The fourth-order valence-electron chi connectivity index (χ4n) is 4.32. The molecular weight excluding hydrogens is 460 g/mol. The Labute approximate surface area is 204 Å². The van der Waals surface area contributed by atoms with Crippen molar-refractivity contribution in [3.05, 3.63) is 31.9 Å². The third kappa shape index (κ3) is 5.17. The number of hydrogen-bond donors (Lipinski definition) is 0. The van der Waals surface area contributed by atoms with Crippen LogP contribution < -0.4 is 10.5 Å². The van der Waals surface area contributed by atoms with Crippen LogP contribution in [0.1, 0.15) is 43.9 Å². The van der Waals surface area contributed by atoms with Gasteiger partial charge in [-0.25, -0.2) is 0 Å². The molecule has 2 saturated heterocycles. The van der Waals surface area contributed by atoms with E-state index in [1.165, 1.54) is 11.8 Å². The first-order valence-electron chi connectivity index (χ1n) is 11.1. The zero-order valence-corrected chi connectivity index (χ0v) is 21.3. The van der Waals surface area contributed by atoms with Crippen molar-refractivity contribution in [3.63, 3.8) is 0 Å². The number of carbonyl (C=O) groups excluding carboxylic acids is 1. The fraction of sp³-hybridized carbons (Fsp3) is 0.565. The molecule has 2 aliphatic rings. The van der Waals surface area contributed by atoms with E-state index < -0.39 is 0 Å². The predicted molar refractivity (Wildman–Crippen MR) is 134 cm³/mol. The number of anilines is 1. The SMILES string of the molecule is CCn1c(N2CC(C)OC(C)C2)c(/C=C2\SC(=S)N(CCCOC)C2=O)c(C)c(C#N)c1=O. The lowest BCUT2D eigenvalue weighted by Crippen LogP contribution is -2.48. The number of thioether (sulfide) groups is 1. The highest BCUT2D eigenvalue weighted by Crippen LogP contribution is 2.36. The van der Waals surface area contributed by atoms with E-state index >= 15 is 0 Å². The van der Waals surface area contributed by atoms with Crippen molar-refractivity contribution in [2.75, 3.05) is 38.3 Å². The molecule has 0 saturated carbocycles. The van der Waals surface area contributed by atoms with Crippen molar-refractivity contribution in [1.82, 2.24) is 9.47 Å². The Balaban J connectivity index is 2.15. The minimum atomic E-state index is -0.316. The molecule has 0 aromatic carbocycles. The van der Waals surface area contributed by atoms with Gasteiger partial charge >= 0.3 is 0 Å². The molecule has 10 heteroatoms. The molecule has 3 heterocycles. The molecule has 2 atom stereocenters. The summed E-state index contributed by atoms with van der Waals surface area (Å²) in [5.41, 5.74) is 1.05. The monoisotopic (exact) mass is 490 g/mol. The number of thiocarbonyl (C=S) groups is 1. The summed E-state index contributed by atoms with van der Waals surface area (Å²) in [5.74, 6) is 0.550. The highest BCUT2D eigenvalue weighted by molar-refractivity contribution is 8.26. The van der Waals surface area contributed by atoms with Crippen LogP contribution in [0.15, 0.2) is 9.70 Å². The summed E-state index contributed by atoms with van der Waals surface area (Å²) in [5, 5.41) is 9.72. The minimum Gasteiger partial charge on any atom is -0.385 e. The van der Waals surface area contributed by atoms with E-state index in [1.807, 2.05) is 20.8 Å². The quantitative estimate of drug-likeness (QED) is 0.328. The Morgan fingerprint density at radius 1 is 1.30 bits per heavy atom. The van der Waals surface area contributed by atoms with Gasteiger partial charge in [0.15, 0.2) is 0 Å². The smallest absolute Gasteiger partial charge is 0.270 e. The van der Waals surface area contributed by atoms with Gasteiger partial charge in [-0.2, -0.15) is 5.26 Å². The van der Waals surface area contributed by atoms with Crippen LogP contribution in [0.5, 0.6) is 0 Å². The third-order valence-electron chi connectivity index (χ3n) is 5.76. The molecule has 0 aliphatic carbocycles. The fourth-order valence-corrected chi connectivity index (χ4v) is 5.61. The summed E-state index contributed by atoms with van der Waals surface area (Å²) in [7, 11) is 1.62. The molecule has 1 amide bonds. The van der Waals surface area contributed by atoms with Gasteiger partial charge in [0.05, 0.1) is 17.1 Å². The number of morpholine rings is 1. The minimum absolute atomic E-state index is 0.0167. The van der Waals surface area contributed by atoms with E-state index in [4.69, 9.17) is 21.7 Å². The van der Waals surface area contributed by atoms with Gasteiger partial charge in [0, 0.05) is 45.5 Å². The first-order valence-corrected chi connectivity index (χ1v) is 12.3. The zero-order valence-electron chi connectivity index (χ0n) is 19.7. The summed E-state index contributed by atoms with van der Waals surface area (Å²) in [6, 6.07) is 2.07. The number of ether oxygens (including phenoxy) is 2. The molecule has 2 unspecified atom stereocenters. The van der Waals surface area contributed by atoms with Gasteiger partial charge in [0.25, 0.3) is 11.5 Å². The normalized spacial score (nSPS) is 22.4. The topological polar surface area (TPSA) is 87.8 Å². The summed E-state index contributed by atoms with van der Waals surface area (Å²) in [6.07, 6.45) is 2.44. The van der Waals surface area contributed by atoms with Gasteiger partial charge in [-0.1, -0.05) is 24.0 Å². The Morgan fingerprint density at radius 2 is 1.97 bits per heavy atom. The number of aromatic nitrogens is 1. The third-order valence-corrected chi connectivity index (χ3v) is 7.14. The molecule has 178 valence electrons. The number of rotatable bonds is 7. The first-order chi connectivity index (χ1) is 15.7. The Bertz CT molecular complexity index is 1070. The van der Waals surface area contributed by atoms with Gasteiger partial charge < -0.3 is 14.4 Å². The van der Waals surface area contributed by atoms with Gasteiger partial charge in [0.1, 0.15) is 21.8 Å². The Morgan fingerprint density at radius 3 is 2.55 bits per heavy atom. The van der Waals surface area contributed by atoms with Gasteiger partial charge in [-0.05, 0) is 45.8 Å². The van der Waals surface area contributed by atoms with Crippen LogP contribution in [0.3, 0.4) is 0 Å². The maximum Gasteiger partial charge on any atom is 0.270 e. The maximum atomic E-state index is 13.1. The number of methoxy groups -OCH3 is 1. The lowest BCUT2D eigenvalue weighted by atomic mass is 10.0. The van der Waals surface area contributed by atoms with Gasteiger partial charge in [0.2, 0.25) is 0 Å². The molecule has 0 spiro atoms. The highest BCUT2D eigenvalue weighted by Gasteiger charge is 2.34. The molecule has 2 aliphatic heterocycles. The molecule has 1 aromatic rings. The number of nitrogens with zero attached hydrogens (tertiary/aromatic N) is 4. The second-order valence-corrected chi connectivity index (χ2v) is 9.92. The van der Waals surface area contributed by atoms with E-state index in [9.17, 15) is 14.9 Å². The standard InChI is InChI=1S/C23H30N4O4S2/c1-6-26-20(25-12-14(2)31-15(3)13-25)17(16(4)18(11-24)21(26)28)10-19-22(29)27(23(32)33-19)8-7-9-30-5/h10,14-15H,6-9,12-13H2,1-5H3/b19-10-. The van der Waals surface area contributed by atoms with E-state index in [1.54, 1.807) is 29.6 Å². The molecule has 0 N–H and O–H groups in total. The van der Waals surface area contributed by atoms with Crippen LogP contribution in [-0.2, 0) is 20.8 Å². The predicted octanol–water partition coefficient (Wildman–Crippen LogP) is 2.90. The molecule has 0 bridgehead atoms. The van der Waals surface area contributed by atoms with Crippen LogP contribution in [0.2, 0.25) is 0 Å². The summed E-state index contributed by atoms with van der Waals surface area (Å²) < 4.78 is 13.1. The summed E-state index contributed by atoms with van der Waals surface area (Å²) >= 11 is 6.70. The van der Waals surface area contributed by atoms with E-state index in [2.05, 4.69) is 11.0 Å². The molecule has 2 fully saturated rings. The molecule has 1 aromatic heterocycles. The van der Waals surface area contributed by atoms with Crippen LogP contribution in [0.4, 0.5) is 5.82 Å². The van der Waals surface area contributed by atoms with E-state index in [0.29, 0.717) is 65.4 Å². The number of pyridine rings is 1. The van der Waals surface area contributed by atoms with Crippen LogP contribution in [0.25, 0.3) is 6.08 Å². The second kappa shape index (κ2) is 10.8. The van der Waals surface area contributed by atoms with Crippen LogP contribution >= 0.6 is 24.0 Å². The van der Waals surface area contributed by atoms with Crippen molar-refractivity contribution in [1.29, 1.82) is 5.26 Å². The molecule has 0 radical (unpaired) electrons. The average Bonchev–Trinajstić information content (AvgIpc) is 3.02. The summed E-state index contributed by atoms with van der Waals surface area (Å²) in [6.45, 7) is 10.3. The number of amides is 1. The molecular formula is C23H30N4O4S2. The van der Waals surface area contributed by atoms with Crippen molar-refractivity contribution in [2.24, 2.45) is 0 Å². The Kier molecular flexibility index (Phi) is 8.34. The average molecular weight is 491 g/mol. The highest BCUT2D eigenvalue weighted by atomic mass is 32.2. The van der Waals surface area contributed by atoms with Gasteiger partial charge in [-0.3, -0.25) is 19.1 Å². The Hall–Kier alpha value is -2.19. The maximum absolute atomic E-state index is 13.1. The van der Waals surface area contributed by atoms with Gasteiger partial charge in [-0.15, -0.1) is 0 Å². The van der Waals surface area contributed by atoms with E-state index in [-0.39, 0.29) is 29.2 Å². The van der Waals surface area contributed by atoms with Crippen molar-refractivity contribution >= 4 is 46.1 Å². The van der Waals surface area contributed by atoms with Crippen LogP contribution in [-0.4, -0.2) is 65.3 Å². The first kappa shape index (κ1) is 25.4. The lowest BCUT2D eigenvalue weighted by Gasteiger charge is -2.39. The number of hydrogen-bond acceptors (Lipinski definition) is 8. The molecule has 33 heavy (non-hydrogen) atoms. The number of carbonyl (C=O) groups is 1. The van der Waals surface area contributed by atoms with Crippen molar-refractivity contribution in [3.8, 4) is 6.07 Å². The van der Waals surface area contributed by atoms with Crippen molar-refractivity contribution < 1.29 is 14.3 Å². The molecule has 3 rings (SSSR count). The second-order valence-electron chi connectivity index (χ2n) is 8.24. The summed E-state index contributed by atoms with van der Waals surface area (Å²) in [4.78, 5) is 30.5. The van der Waals surface area contributed by atoms with Crippen molar-refractivity contribution in [2.45, 2.75) is 52.9 Å². The number of nitriles is 1. The largest absolute Gasteiger partial charge is 0.385 e. The van der Waals surface area contributed by atoms with Crippen LogP contribution in [0, 0.1) is 18.3 Å². The lowest BCUT2D eigenvalue weighted by molar-refractivity contribution is -0.122. The zero-order chi connectivity index (χ0) is 24.3.